The van der Waals surface area contributed by atoms with Crippen molar-refractivity contribution in [3.8, 4) is 11.3 Å². The molecule has 0 saturated heterocycles. The predicted octanol–water partition coefficient (Wildman–Crippen LogP) is 4.80. The Hall–Kier alpha value is -1.19. The normalized spacial score (nSPS) is 11.2. The van der Waals surface area contributed by atoms with Crippen LogP contribution in [0.3, 0.4) is 0 Å². The summed E-state index contributed by atoms with van der Waals surface area (Å²) in [5.41, 5.74) is 7.67. The molecular formula is C14H17Cl2N3. The third-order valence-electron chi connectivity index (χ3n) is 3.26. The van der Waals surface area contributed by atoms with Gasteiger partial charge in [-0.2, -0.15) is 5.10 Å². The fourth-order valence-electron chi connectivity index (χ4n) is 2.16. The first-order chi connectivity index (χ1) is 9.06. The van der Waals surface area contributed by atoms with Gasteiger partial charge in [-0.25, -0.2) is 4.68 Å². The molecule has 1 heterocycles. The number of nitrogens with two attached hydrogens (primary N) is 1. The van der Waals surface area contributed by atoms with E-state index in [9.17, 15) is 0 Å². The average Bonchev–Trinajstić information content (AvgIpc) is 2.73. The second-order valence-corrected chi connectivity index (χ2v) is 5.34. The van der Waals surface area contributed by atoms with E-state index in [1.807, 2.05) is 16.8 Å². The summed E-state index contributed by atoms with van der Waals surface area (Å²) in [7, 11) is 0. The van der Waals surface area contributed by atoms with Crippen molar-refractivity contribution >= 4 is 29.0 Å². The number of halogens is 2. The number of hydrogen-bond donors (Lipinski definition) is 1. The van der Waals surface area contributed by atoms with E-state index in [0.717, 1.165) is 24.1 Å². The smallest absolute Gasteiger partial charge is 0.122 e. The number of benzene rings is 1. The number of hydrogen-bond acceptors (Lipinski definition) is 2. The molecule has 0 aliphatic carbocycles. The van der Waals surface area contributed by atoms with Gasteiger partial charge in [0.15, 0.2) is 0 Å². The van der Waals surface area contributed by atoms with Crippen LogP contribution in [0.5, 0.6) is 0 Å². The van der Waals surface area contributed by atoms with Gasteiger partial charge in [0.05, 0.1) is 16.8 Å². The lowest BCUT2D eigenvalue weighted by molar-refractivity contribution is 0.435. The minimum Gasteiger partial charge on any atom is -0.384 e. The third-order valence-corrected chi connectivity index (χ3v) is 3.81. The topological polar surface area (TPSA) is 43.8 Å². The van der Waals surface area contributed by atoms with E-state index in [1.165, 1.54) is 0 Å². The highest BCUT2D eigenvalue weighted by molar-refractivity contribution is 6.36. The highest BCUT2D eigenvalue weighted by atomic mass is 35.5. The molecule has 2 rings (SSSR count). The number of nitrogens with zero attached hydrogens (tertiary/aromatic N) is 2. The number of nitrogen functional groups attached to an aromatic ring is 1. The summed E-state index contributed by atoms with van der Waals surface area (Å²) in [6.45, 7) is 4.26. The Morgan fingerprint density at radius 3 is 2.47 bits per heavy atom. The summed E-state index contributed by atoms with van der Waals surface area (Å²) in [5, 5.41) is 5.77. The highest BCUT2D eigenvalue weighted by Crippen LogP contribution is 2.31. The molecule has 3 nitrogen and oxygen atoms in total. The molecule has 0 amide bonds. The van der Waals surface area contributed by atoms with E-state index in [2.05, 4.69) is 18.9 Å². The van der Waals surface area contributed by atoms with Crippen molar-refractivity contribution in [1.82, 2.24) is 9.78 Å². The van der Waals surface area contributed by atoms with Crippen LogP contribution in [0.2, 0.25) is 10.0 Å². The van der Waals surface area contributed by atoms with Crippen LogP contribution in [-0.4, -0.2) is 9.78 Å². The standard InChI is InChI=1S/C14H17Cl2N3/c1-3-10(4-2)19-14(17)8-13(18-19)11-6-5-9(15)7-12(11)16/h5-8,10H,3-4,17H2,1-2H3. The Kier molecular flexibility index (Phi) is 4.38. The lowest BCUT2D eigenvalue weighted by atomic mass is 10.1. The lowest BCUT2D eigenvalue weighted by Gasteiger charge is -2.14. The number of aromatic nitrogens is 2. The molecule has 1 aromatic heterocycles. The first-order valence-electron chi connectivity index (χ1n) is 6.37. The molecule has 0 spiro atoms. The Balaban J connectivity index is 2.44. The molecule has 2 N–H and O–H groups in total. The molecule has 0 unspecified atom stereocenters. The van der Waals surface area contributed by atoms with Crippen molar-refractivity contribution < 1.29 is 0 Å². The molecule has 19 heavy (non-hydrogen) atoms. The van der Waals surface area contributed by atoms with Gasteiger partial charge in [-0.05, 0) is 31.0 Å². The first kappa shape index (κ1) is 14.2. The van der Waals surface area contributed by atoms with Crippen molar-refractivity contribution in [3.05, 3.63) is 34.3 Å². The first-order valence-corrected chi connectivity index (χ1v) is 7.12. The van der Waals surface area contributed by atoms with Gasteiger partial charge >= 0.3 is 0 Å². The van der Waals surface area contributed by atoms with Crippen LogP contribution in [-0.2, 0) is 0 Å². The third kappa shape index (κ3) is 2.88. The lowest BCUT2D eigenvalue weighted by Crippen LogP contribution is -2.11. The van der Waals surface area contributed by atoms with Crippen LogP contribution >= 0.6 is 23.2 Å². The Labute approximate surface area is 123 Å². The van der Waals surface area contributed by atoms with E-state index in [-0.39, 0.29) is 0 Å². The van der Waals surface area contributed by atoms with Crippen LogP contribution in [0.15, 0.2) is 24.3 Å². The molecule has 2 aromatic rings. The summed E-state index contributed by atoms with van der Waals surface area (Å²) >= 11 is 12.1. The molecule has 0 bridgehead atoms. The average molecular weight is 298 g/mol. The minimum absolute atomic E-state index is 0.319. The maximum absolute atomic E-state index is 6.20. The molecule has 0 saturated carbocycles. The van der Waals surface area contributed by atoms with E-state index >= 15 is 0 Å². The van der Waals surface area contributed by atoms with Gasteiger partial charge in [0, 0.05) is 16.7 Å². The van der Waals surface area contributed by atoms with Crippen LogP contribution in [0, 0.1) is 0 Å². The van der Waals surface area contributed by atoms with E-state index < -0.39 is 0 Å². The van der Waals surface area contributed by atoms with E-state index in [0.29, 0.717) is 21.9 Å². The fraction of sp³-hybridized carbons (Fsp3) is 0.357. The SMILES string of the molecule is CCC(CC)n1nc(-c2ccc(Cl)cc2Cl)cc1N. The molecule has 1 aromatic carbocycles. The Morgan fingerprint density at radius 2 is 1.89 bits per heavy atom. The number of rotatable bonds is 4. The van der Waals surface area contributed by atoms with E-state index in [4.69, 9.17) is 28.9 Å². The minimum atomic E-state index is 0.319. The fourth-order valence-corrected chi connectivity index (χ4v) is 2.67. The van der Waals surface area contributed by atoms with Crippen LogP contribution < -0.4 is 5.73 Å². The monoisotopic (exact) mass is 297 g/mol. The zero-order valence-electron chi connectivity index (χ0n) is 11.0. The molecule has 102 valence electrons. The molecule has 0 aliphatic rings. The molecule has 0 radical (unpaired) electrons. The van der Waals surface area contributed by atoms with Gasteiger partial charge in [-0.3, -0.25) is 0 Å². The summed E-state index contributed by atoms with van der Waals surface area (Å²) in [4.78, 5) is 0. The van der Waals surface area contributed by atoms with E-state index in [1.54, 1.807) is 12.1 Å². The Bertz CT molecular complexity index is 574. The van der Waals surface area contributed by atoms with Gasteiger partial charge in [-0.15, -0.1) is 0 Å². The van der Waals surface area contributed by atoms with Gasteiger partial charge in [-0.1, -0.05) is 37.0 Å². The van der Waals surface area contributed by atoms with Crippen LogP contribution in [0.25, 0.3) is 11.3 Å². The maximum atomic E-state index is 6.20. The summed E-state index contributed by atoms with van der Waals surface area (Å²) in [5.74, 6) is 0.662. The molecule has 0 atom stereocenters. The van der Waals surface area contributed by atoms with Gasteiger partial charge < -0.3 is 5.73 Å². The second kappa shape index (κ2) is 5.85. The molecular weight excluding hydrogens is 281 g/mol. The highest BCUT2D eigenvalue weighted by Gasteiger charge is 2.15. The van der Waals surface area contributed by atoms with Crippen LogP contribution in [0.1, 0.15) is 32.7 Å². The molecule has 0 fully saturated rings. The largest absolute Gasteiger partial charge is 0.384 e. The van der Waals surface area contributed by atoms with Crippen molar-refractivity contribution in [1.29, 1.82) is 0 Å². The van der Waals surface area contributed by atoms with Crippen molar-refractivity contribution in [2.45, 2.75) is 32.7 Å². The summed E-state index contributed by atoms with van der Waals surface area (Å²) in [6, 6.07) is 7.55. The predicted molar refractivity (Wildman–Crippen MR) is 81.7 cm³/mol. The zero-order chi connectivity index (χ0) is 14.0. The summed E-state index contributed by atoms with van der Waals surface area (Å²) < 4.78 is 1.88. The zero-order valence-corrected chi connectivity index (χ0v) is 12.5. The van der Waals surface area contributed by atoms with Gasteiger partial charge in [0.1, 0.15) is 5.82 Å². The van der Waals surface area contributed by atoms with Gasteiger partial charge in [0.2, 0.25) is 0 Å². The van der Waals surface area contributed by atoms with Crippen LogP contribution in [0.4, 0.5) is 5.82 Å². The van der Waals surface area contributed by atoms with Crippen molar-refractivity contribution in [2.24, 2.45) is 0 Å². The van der Waals surface area contributed by atoms with Gasteiger partial charge in [0.25, 0.3) is 0 Å². The summed E-state index contributed by atoms with van der Waals surface area (Å²) in [6.07, 6.45) is 1.99. The quantitative estimate of drug-likeness (QED) is 0.881. The number of anilines is 1. The molecule has 0 aliphatic heterocycles. The van der Waals surface area contributed by atoms with Crippen molar-refractivity contribution in [2.75, 3.05) is 5.73 Å². The Morgan fingerprint density at radius 1 is 1.21 bits per heavy atom. The second-order valence-electron chi connectivity index (χ2n) is 4.49. The van der Waals surface area contributed by atoms with Crippen molar-refractivity contribution in [3.63, 3.8) is 0 Å². The molecule has 5 heteroatoms. The maximum Gasteiger partial charge on any atom is 0.122 e.